The maximum atomic E-state index is 12.8. The number of aryl methyl sites for hydroxylation is 1. The van der Waals surface area contributed by atoms with Crippen molar-refractivity contribution in [3.8, 4) is 0 Å². The number of likely N-dealkylation sites (N-methyl/N-ethyl adjacent to an activating group) is 1. The topological polar surface area (TPSA) is 61.4 Å². The second-order valence-electron chi connectivity index (χ2n) is 7.79. The van der Waals surface area contributed by atoms with E-state index < -0.39 is 6.04 Å². The molecule has 2 amide bonds. The number of amides is 2. The standard InChI is InChI=1S/C25H29N3O2/c1-17-12-14-21(15-13-17)27-24(29)16-28(4)25(30)19(3)26-18(2)22-11-7-9-20-8-5-6-10-23(20)22/h5-15,18-19,26H,16H2,1-4H3,(H,27,29)/t18-,19+/m0/s1. The maximum absolute atomic E-state index is 12.8. The number of rotatable bonds is 7. The SMILES string of the molecule is Cc1ccc(NC(=O)CN(C)C(=O)[C@@H](C)N[C@@H](C)c2cccc3ccccc23)cc1. The zero-order chi connectivity index (χ0) is 21.7. The van der Waals surface area contributed by atoms with E-state index in [0.29, 0.717) is 0 Å². The molecular formula is C25H29N3O2. The van der Waals surface area contributed by atoms with E-state index in [1.807, 2.05) is 56.3 Å². The molecule has 0 radical (unpaired) electrons. The van der Waals surface area contributed by atoms with Crippen LogP contribution in [-0.4, -0.2) is 36.3 Å². The van der Waals surface area contributed by atoms with Gasteiger partial charge in [-0.2, -0.15) is 0 Å². The number of nitrogens with zero attached hydrogens (tertiary/aromatic N) is 1. The van der Waals surface area contributed by atoms with Crippen molar-refractivity contribution in [3.63, 3.8) is 0 Å². The Morgan fingerprint density at radius 2 is 1.60 bits per heavy atom. The van der Waals surface area contributed by atoms with E-state index in [1.54, 1.807) is 7.05 Å². The number of hydrogen-bond donors (Lipinski definition) is 2. The third-order valence-corrected chi connectivity index (χ3v) is 5.25. The van der Waals surface area contributed by atoms with E-state index in [1.165, 1.54) is 15.7 Å². The number of anilines is 1. The molecule has 0 aliphatic carbocycles. The summed E-state index contributed by atoms with van der Waals surface area (Å²) >= 11 is 0. The second-order valence-corrected chi connectivity index (χ2v) is 7.79. The summed E-state index contributed by atoms with van der Waals surface area (Å²) in [5, 5.41) is 8.55. The maximum Gasteiger partial charge on any atom is 0.243 e. The molecule has 5 nitrogen and oxygen atoms in total. The molecule has 0 fully saturated rings. The molecule has 3 rings (SSSR count). The molecule has 2 atom stereocenters. The van der Waals surface area contributed by atoms with Gasteiger partial charge in [0.15, 0.2) is 0 Å². The highest BCUT2D eigenvalue weighted by molar-refractivity contribution is 5.95. The van der Waals surface area contributed by atoms with Gasteiger partial charge < -0.3 is 10.2 Å². The molecule has 0 spiro atoms. The second kappa shape index (κ2) is 9.55. The summed E-state index contributed by atoms with van der Waals surface area (Å²) in [5.74, 6) is -0.342. The fourth-order valence-electron chi connectivity index (χ4n) is 3.63. The zero-order valence-electron chi connectivity index (χ0n) is 18.0. The van der Waals surface area contributed by atoms with Gasteiger partial charge in [-0.15, -0.1) is 0 Å². The van der Waals surface area contributed by atoms with Gasteiger partial charge in [0.2, 0.25) is 11.8 Å². The molecule has 5 heteroatoms. The molecule has 3 aromatic rings. The summed E-state index contributed by atoms with van der Waals surface area (Å²) in [6.07, 6.45) is 0. The van der Waals surface area contributed by atoms with Crippen LogP contribution in [0.5, 0.6) is 0 Å². The van der Waals surface area contributed by atoms with E-state index in [2.05, 4.69) is 41.8 Å². The van der Waals surface area contributed by atoms with Crippen molar-refractivity contribution < 1.29 is 9.59 Å². The molecule has 156 valence electrons. The average Bonchev–Trinajstić information content (AvgIpc) is 2.74. The summed E-state index contributed by atoms with van der Waals surface area (Å²) in [6.45, 7) is 5.88. The number of carbonyl (C=O) groups is 2. The highest BCUT2D eigenvalue weighted by Crippen LogP contribution is 2.24. The van der Waals surface area contributed by atoms with Crippen LogP contribution in [0.2, 0.25) is 0 Å². The highest BCUT2D eigenvalue weighted by atomic mass is 16.2. The van der Waals surface area contributed by atoms with Gasteiger partial charge >= 0.3 is 0 Å². The number of carbonyl (C=O) groups excluding carboxylic acids is 2. The third kappa shape index (κ3) is 5.24. The minimum absolute atomic E-state index is 0.00137. The van der Waals surface area contributed by atoms with Crippen molar-refractivity contribution in [1.82, 2.24) is 10.2 Å². The van der Waals surface area contributed by atoms with Gasteiger partial charge in [-0.1, -0.05) is 60.2 Å². The first-order valence-electron chi connectivity index (χ1n) is 10.2. The Kier molecular flexibility index (Phi) is 6.85. The molecule has 30 heavy (non-hydrogen) atoms. The molecule has 0 aromatic heterocycles. The molecule has 0 saturated heterocycles. The van der Waals surface area contributed by atoms with E-state index in [0.717, 1.165) is 16.8 Å². The van der Waals surface area contributed by atoms with Crippen molar-refractivity contribution in [2.75, 3.05) is 18.9 Å². The van der Waals surface area contributed by atoms with Crippen LogP contribution in [0.1, 0.15) is 31.0 Å². The molecule has 2 N–H and O–H groups in total. The van der Waals surface area contributed by atoms with Gasteiger partial charge in [-0.3, -0.25) is 14.9 Å². The minimum atomic E-state index is -0.420. The molecule has 3 aromatic carbocycles. The van der Waals surface area contributed by atoms with Crippen LogP contribution in [-0.2, 0) is 9.59 Å². The molecule has 0 aliphatic heterocycles. The number of hydrogen-bond acceptors (Lipinski definition) is 3. The number of benzene rings is 3. The Labute approximate surface area is 178 Å². The monoisotopic (exact) mass is 403 g/mol. The van der Waals surface area contributed by atoms with Crippen molar-refractivity contribution in [1.29, 1.82) is 0 Å². The summed E-state index contributed by atoms with van der Waals surface area (Å²) in [5.41, 5.74) is 3.00. The van der Waals surface area contributed by atoms with Crippen molar-refractivity contribution in [3.05, 3.63) is 77.9 Å². The summed E-state index contributed by atoms with van der Waals surface area (Å²) in [7, 11) is 1.65. The first kappa shape index (κ1) is 21.5. The van der Waals surface area contributed by atoms with Crippen LogP contribution in [0.3, 0.4) is 0 Å². The van der Waals surface area contributed by atoms with Gasteiger partial charge in [-0.05, 0) is 49.2 Å². The quantitative estimate of drug-likeness (QED) is 0.619. The minimum Gasteiger partial charge on any atom is -0.335 e. The van der Waals surface area contributed by atoms with E-state index in [4.69, 9.17) is 0 Å². The van der Waals surface area contributed by atoms with Crippen LogP contribution in [0.4, 0.5) is 5.69 Å². The summed E-state index contributed by atoms with van der Waals surface area (Å²) in [4.78, 5) is 26.5. The third-order valence-electron chi connectivity index (χ3n) is 5.25. The largest absolute Gasteiger partial charge is 0.335 e. The van der Waals surface area contributed by atoms with Crippen molar-refractivity contribution >= 4 is 28.3 Å². The molecule has 0 aliphatic rings. The van der Waals surface area contributed by atoms with E-state index >= 15 is 0 Å². The predicted octanol–water partition coefficient (Wildman–Crippen LogP) is 4.28. The predicted molar refractivity (Wildman–Crippen MR) is 122 cm³/mol. The molecule has 0 heterocycles. The molecule has 0 bridgehead atoms. The van der Waals surface area contributed by atoms with Gasteiger partial charge in [0.25, 0.3) is 0 Å². The first-order valence-corrected chi connectivity index (χ1v) is 10.2. The Morgan fingerprint density at radius 1 is 0.933 bits per heavy atom. The lowest BCUT2D eigenvalue weighted by atomic mass is 9.99. The smallest absolute Gasteiger partial charge is 0.243 e. The van der Waals surface area contributed by atoms with Gasteiger partial charge in [0.1, 0.15) is 0 Å². The van der Waals surface area contributed by atoms with Crippen LogP contribution in [0.15, 0.2) is 66.7 Å². The summed E-state index contributed by atoms with van der Waals surface area (Å²) in [6, 6.07) is 21.6. The first-order chi connectivity index (χ1) is 14.3. The Morgan fingerprint density at radius 3 is 2.33 bits per heavy atom. The lowest BCUT2D eigenvalue weighted by molar-refractivity contribution is -0.135. The van der Waals surface area contributed by atoms with E-state index in [9.17, 15) is 9.59 Å². The van der Waals surface area contributed by atoms with Gasteiger partial charge in [0, 0.05) is 18.8 Å². The lowest BCUT2D eigenvalue weighted by Crippen LogP contribution is -2.46. The van der Waals surface area contributed by atoms with Crippen LogP contribution in [0, 0.1) is 6.92 Å². The van der Waals surface area contributed by atoms with Crippen LogP contribution >= 0.6 is 0 Å². The van der Waals surface area contributed by atoms with Crippen molar-refractivity contribution in [2.45, 2.75) is 32.9 Å². The Bertz CT molecular complexity index is 1020. The van der Waals surface area contributed by atoms with Gasteiger partial charge in [-0.25, -0.2) is 0 Å². The number of nitrogens with one attached hydrogen (secondary N) is 2. The highest BCUT2D eigenvalue weighted by Gasteiger charge is 2.22. The fraction of sp³-hybridized carbons (Fsp3) is 0.280. The zero-order valence-corrected chi connectivity index (χ0v) is 18.0. The van der Waals surface area contributed by atoms with E-state index in [-0.39, 0.29) is 24.4 Å². The van der Waals surface area contributed by atoms with Crippen LogP contribution < -0.4 is 10.6 Å². The van der Waals surface area contributed by atoms with Crippen molar-refractivity contribution in [2.24, 2.45) is 0 Å². The summed E-state index contributed by atoms with van der Waals surface area (Å²) < 4.78 is 0. The molecule has 0 saturated carbocycles. The normalized spacial score (nSPS) is 12.9. The van der Waals surface area contributed by atoms with Crippen LogP contribution in [0.25, 0.3) is 10.8 Å². The Hall–Kier alpha value is -3.18. The molecular weight excluding hydrogens is 374 g/mol. The number of fused-ring (bicyclic) bond motifs is 1. The molecule has 0 unspecified atom stereocenters. The Balaban J connectivity index is 1.58. The lowest BCUT2D eigenvalue weighted by Gasteiger charge is -2.25. The fourth-order valence-corrected chi connectivity index (χ4v) is 3.63. The average molecular weight is 404 g/mol. The van der Waals surface area contributed by atoms with Gasteiger partial charge in [0.05, 0.1) is 12.6 Å².